The van der Waals surface area contributed by atoms with E-state index < -0.39 is 5.79 Å². The van der Waals surface area contributed by atoms with Crippen LogP contribution in [0.4, 0.5) is 0 Å². The Balaban J connectivity index is 1.48. The molecule has 0 unspecified atom stereocenters. The summed E-state index contributed by atoms with van der Waals surface area (Å²) in [4.78, 5) is 11.9. The fourth-order valence-corrected chi connectivity index (χ4v) is 2.95. The molecule has 6 nitrogen and oxygen atoms in total. The molecule has 1 spiro atoms. The Hall–Kier alpha value is -1.40. The highest BCUT2D eigenvalue weighted by molar-refractivity contribution is 5.91. The maximum absolute atomic E-state index is 11.9. The van der Waals surface area contributed by atoms with Crippen LogP contribution in [0.5, 0.6) is 0 Å². The molecule has 1 amide bonds. The number of hydrogen-bond donors (Lipinski definition) is 1. The molecule has 1 saturated heterocycles. The van der Waals surface area contributed by atoms with Gasteiger partial charge in [0, 0.05) is 25.5 Å². The van der Waals surface area contributed by atoms with Gasteiger partial charge in [0.15, 0.2) is 5.79 Å². The minimum absolute atomic E-state index is 0.0913. The molecule has 6 heteroatoms. The second-order valence-corrected chi connectivity index (χ2v) is 6.19. The van der Waals surface area contributed by atoms with Gasteiger partial charge in [-0.25, -0.2) is 0 Å². The van der Waals surface area contributed by atoms with Gasteiger partial charge in [-0.3, -0.25) is 4.79 Å². The van der Waals surface area contributed by atoms with Gasteiger partial charge in [0.1, 0.15) is 6.10 Å². The lowest BCUT2D eigenvalue weighted by molar-refractivity contribution is -0.191. The van der Waals surface area contributed by atoms with E-state index >= 15 is 0 Å². The fraction of sp³-hybridized carbons (Fsp3) is 0.733. The molecule has 1 aromatic rings. The quantitative estimate of drug-likeness (QED) is 0.923. The molecule has 2 aliphatic rings. The Morgan fingerprint density at radius 2 is 2.24 bits per heavy atom. The third kappa shape index (κ3) is 3.27. The Kier molecular flexibility index (Phi) is 3.99. The number of rotatable bonds is 3. The van der Waals surface area contributed by atoms with Gasteiger partial charge < -0.3 is 19.3 Å². The van der Waals surface area contributed by atoms with Crippen molar-refractivity contribution in [2.45, 2.75) is 51.4 Å². The van der Waals surface area contributed by atoms with E-state index in [1.807, 2.05) is 0 Å². The molecule has 1 atom stereocenters. The highest BCUT2D eigenvalue weighted by atomic mass is 16.7. The number of nitrogens with zero attached hydrogens (tertiary/aromatic N) is 1. The van der Waals surface area contributed by atoms with Crippen molar-refractivity contribution in [2.75, 3.05) is 13.2 Å². The van der Waals surface area contributed by atoms with Crippen molar-refractivity contribution in [1.29, 1.82) is 0 Å². The first-order valence-corrected chi connectivity index (χ1v) is 7.60. The number of nitrogens with one attached hydrogen (secondary N) is 1. The zero-order valence-electron chi connectivity index (χ0n) is 12.6. The zero-order valence-corrected chi connectivity index (χ0v) is 12.6. The number of carbonyl (C=O) groups excluding carboxylic acids is 1. The lowest BCUT2D eigenvalue weighted by Crippen LogP contribution is -2.38. The van der Waals surface area contributed by atoms with Crippen LogP contribution in [0.15, 0.2) is 10.6 Å². The van der Waals surface area contributed by atoms with E-state index in [1.54, 1.807) is 13.0 Å². The van der Waals surface area contributed by atoms with E-state index in [9.17, 15) is 4.79 Å². The molecule has 1 aliphatic heterocycles. The van der Waals surface area contributed by atoms with Crippen molar-refractivity contribution in [3.8, 4) is 0 Å². The molecule has 3 rings (SSSR count). The predicted molar refractivity (Wildman–Crippen MR) is 74.8 cm³/mol. The van der Waals surface area contributed by atoms with Crippen LogP contribution in [-0.2, 0) is 9.47 Å². The van der Waals surface area contributed by atoms with Crippen LogP contribution < -0.4 is 5.32 Å². The van der Waals surface area contributed by atoms with Gasteiger partial charge in [0.25, 0.3) is 5.91 Å². The molecule has 1 aromatic heterocycles. The maximum atomic E-state index is 11.9. The summed E-state index contributed by atoms with van der Waals surface area (Å²) < 4.78 is 16.9. The summed E-state index contributed by atoms with van der Waals surface area (Å²) in [5, 5.41) is 6.51. The number of hydrogen-bond acceptors (Lipinski definition) is 5. The van der Waals surface area contributed by atoms with Crippen LogP contribution in [0.1, 0.15) is 48.9 Å². The number of ether oxygens (including phenoxy) is 2. The van der Waals surface area contributed by atoms with Crippen LogP contribution in [0.25, 0.3) is 0 Å². The SMILES string of the molecule is Cc1cc(C(=O)NC[C@@H]2COC3(CCC(C)CC3)O2)on1. The maximum Gasteiger partial charge on any atom is 0.289 e. The second kappa shape index (κ2) is 5.77. The molecule has 1 N–H and O–H groups in total. The molecule has 0 bridgehead atoms. The average Bonchev–Trinajstić information content (AvgIpc) is 3.07. The summed E-state index contributed by atoms with van der Waals surface area (Å²) >= 11 is 0. The second-order valence-electron chi connectivity index (χ2n) is 6.19. The average molecular weight is 294 g/mol. The van der Waals surface area contributed by atoms with Gasteiger partial charge in [0.05, 0.1) is 12.3 Å². The Bertz CT molecular complexity index is 506. The van der Waals surface area contributed by atoms with E-state index in [0.717, 1.165) is 31.6 Å². The number of amides is 1. The Morgan fingerprint density at radius 1 is 1.48 bits per heavy atom. The van der Waals surface area contributed by atoms with Gasteiger partial charge in [0.2, 0.25) is 5.76 Å². The van der Waals surface area contributed by atoms with Crippen LogP contribution >= 0.6 is 0 Å². The lowest BCUT2D eigenvalue weighted by atomic mass is 9.86. The van der Waals surface area contributed by atoms with E-state index in [1.165, 1.54) is 0 Å². The largest absolute Gasteiger partial charge is 0.351 e. The smallest absolute Gasteiger partial charge is 0.289 e. The third-order valence-electron chi connectivity index (χ3n) is 4.29. The normalized spacial score (nSPS) is 32.5. The minimum Gasteiger partial charge on any atom is -0.351 e. The molecule has 2 fully saturated rings. The first-order chi connectivity index (χ1) is 10.1. The minimum atomic E-state index is -0.412. The standard InChI is InChI=1S/C15H22N2O4/c1-10-3-5-15(6-4-10)19-9-12(20-15)8-16-14(18)13-7-11(2)17-21-13/h7,10,12H,3-6,8-9H2,1-2H3,(H,16,18)/t10?,12-,15?/m1/s1. The first kappa shape index (κ1) is 14.5. The van der Waals surface area contributed by atoms with Crippen molar-refractivity contribution >= 4 is 5.91 Å². The van der Waals surface area contributed by atoms with Crippen molar-refractivity contribution in [3.05, 3.63) is 17.5 Å². The van der Waals surface area contributed by atoms with Crippen LogP contribution in [-0.4, -0.2) is 36.1 Å². The van der Waals surface area contributed by atoms with Crippen molar-refractivity contribution < 1.29 is 18.8 Å². The molecular formula is C15H22N2O4. The third-order valence-corrected chi connectivity index (χ3v) is 4.29. The van der Waals surface area contributed by atoms with Gasteiger partial charge in [-0.05, 0) is 25.7 Å². The summed E-state index contributed by atoms with van der Waals surface area (Å²) in [6, 6.07) is 1.62. The van der Waals surface area contributed by atoms with Gasteiger partial charge in [-0.1, -0.05) is 12.1 Å². The molecule has 1 saturated carbocycles. The summed E-state index contributed by atoms with van der Waals surface area (Å²) in [5.41, 5.74) is 0.691. The monoisotopic (exact) mass is 294 g/mol. The fourth-order valence-electron chi connectivity index (χ4n) is 2.95. The number of aromatic nitrogens is 1. The molecule has 116 valence electrons. The molecule has 0 aromatic carbocycles. The van der Waals surface area contributed by atoms with Crippen LogP contribution in [0, 0.1) is 12.8 Å². The van der Waals surface area contributed by atoms with E-state index in [0.29, 0.717) is 18.8 Å². The summed E-state index contributed by atoms with van der Waals surface area (Å²) in [6.07, 6.45) is 4.07. The zero-order chi connectivity index (χ0) is 14.9. The molecule has 2 heterocycles. The molecular weight excluding hydrogens is 272 g/mol. The number of carbonyl (C=O) groups is 1. The predicted octanol–water partition coefficient (Wildman–Crippen LogP) is 2.03. The molecule has 0 radical (unpaired) electrons. The highest BCUT2D eigenvalue weighted by Crippen LogP contribution is 2.39. The van der Waals surface area contributed by atoms with Crippen LogP contribution in [0.3, 0.4) is 0 Å². The topological polar surface area (TPSA) is 73.6 Å². The summed E-state index contributed by atoms with van der Waals surface area (Å²) in [7, 11) is 0. The van der Waals surface area contributed by atoms with Crippen molar-refractivity contribution in [1.82, 2.24) is 10.5 Å². The number of aryl methyl sites for hydroxylation is 1. The van der Waals surface area contributed by atoms with Gasteiger partial charge in [-0.2, -0.15) is 0 Å². The lowest BCUT2D eigenvalue weighted by Gasteiger charge is -2.34. The summed E-state index contributed by atoms with van der Waals surface area (Å²) in [5.74, 6) is 0.298. The molecule has 1 aliphatic carbocycles. The van der Waals surface area contributed by atoms with Gasteiger partial charge in [-0.15, -0.1) is 0 Å². The highest BCUT2D eigenvalue weighted by Gasteiger charge is 2.43. The van der Waals surface area contributed by atoms with E-state index in [2.05, 4.69) is 17.4 Å². The summed E-state index contributed by atoms with van der Waals surface area (Å²) in [6.45, 7) is 5.00. The molecule has 21 heavy (non-hydrogen) atoms. The van der Waals surface area contributed by atoms with Gasteiger partial charge >= 0.3 is 0 Å². The Labute approximate surface area is 124 Å². The van der Waals surface area contributed by atoms with Crippen molar-refractivity contribution in [2.24, 2.45) is 5.92 Å². The van der Waals surface area contributed by atoms with Crippen molar-refractivity contribution in [3.63, 3.8) is 0 Å². The Morgan fingerprint density at radius 3 is 2.90 bits per heavy atom. The van der Waals surface area contributed by atoms with Crippen LogP contribution in [0.2, 0.25) is 0 Å². The van der Waals surface area contributed by atoms with E-state index in [4.69, 9.17) is 14.0 Å². The van der Waals surface area contributed by atoms with E-state index in [-0.39, 0.29) is 17.8 Å². The first-order valence-electron chi connectivity index (χ1n) is 7.60.